The van der Waals surface area contributed by atoms with Crippen molar-refractivity contribution in [2.45, 2.75) is 32.1 Å². The Morgan fingerprint density at radius 3 is 2.45 bits per heavy atom. The smallest absolute Gasteiger partial charge is 0.0110 e. The van der Waals surface area contributed by atoms with E-state index in [0.717, 1.165) is 6.42 Å². The van der Waals surface area contributed by atoms with Crippen molar-refractivity contribution in [3.63, 3.8) is 0 Å². The third-order valence-electron chi connectivity index (χ3n) is 2.09. The molecule has 0 saturated carbocycles. The fourth-order valence-electron chi connectivity index (χ4n) is 1.21. The van der Waals surface area contributed by atoms with E-state index in [4.69, 9.17) is 6.42 Å². The van der Waals surface area contributed by atoms with Crippen LogP contribution in [0.1, 0.15) is 32.1 Å². The molecule has 0 spiro atoms. The molecule has 1 rings (SSSR count). The van der Waals surface area contributed by atoms with Crippen molar-refractivity contribution >= 4 is 0 Å². The summed E-state index contributed by atoms with van der Waals surface area (Å²) >= 11 is 0. The summed E-state index contributed by atoms with van der Waals surface area (Å²) in [6.07, 6.45) is 11.4. The molecule has 0 bridgehead atoms. The normalized spacial score (nSPS) is 16.3. The highest BCUT2D eigenvalue weighted by Crippen LogP contribution is 2.08. The molecular weight excluding hydrogens is 134 g/mol. The molecule has 0 aromatic carbocycles. The number of hydrogen-bond donors (Lipinski definition) is 0. The van der Waals surface area contributed by atoms with Gasteiger partial charge in [0.25, 0.3) is 0 Å². The lowest BCUT2D eigenvalue weighted by atomic mass is 10.1. The van der Waals surface area contributed by atoms with Crippen molar-refractivity contribution in [2.24, 2.45) is 0 Å². The predicted molar refractivity (Wildman–Crippen MR) is 48.4 cm³/mol. The van der Waals surface area contributed by atoms with Crippen molar-refractivity contribution in [3.8, 4) is 12.3 Å². The number of nitrogens with zero attached hydrogens (tertiary/aromatic N) is 1. The van der Waals surface area contributed by atoms with Crippen LogP contribution in [0.2, 0.25) is 0 Å². The first-order chi connectivity index (χ1) is 5.43. The molecule has 0 aliphatic carbocycles. The van der Waals surface area contributed by atoms with Crippen molar-refractivity contribution in [1.82, 2.24) is 4.90 Å². The van der Waals surface area contributed by atoms with Gasteiger partial charge in [-0.25, -0.2) is 0 Å². The van der Waals surface area contributed by atoms with Crippen LogP contribution < -0.4 is 0 Å². The molecule has 1 aliphatic heterocycles. The summed E-state index contributed by atoms with van der Waals surface area (Å²) in [5, 5.41) is 0. The van der Waals surface area contributed by atoms with Gasteiger partial charge in [0, 0.05) is 19.5 Å². The average Bonchev–Trinajstić information content (AvgIpc) is 2.80. The quantitative estimate of drug-likeness (QED) is 0.318. The Morgan fingerprint density at radius 1 is 1.09 bits per heavy atom. The van der Waals surface area contributed by atoms with Gasteiger partial charge in [-0.2, -0.15) is 0 Å². The van der Waals surface area contributed by atoms with Crippen molar-refractivity contribution < 1.29 is 0 Å². The van der Waals surface area contributed by atoms with Crippen LogP contribution >= 0.6 is 0 Å². The monoisotopic (exact) mass is 151 g/mol. The molecule has 0 atom stereocenters. The van der Waals surface area contributed by atoms with Crippen LogP contribution in [-0.2, 0) is 0 Å². The van der Waals surface area contributed by atoms with Crippen molar-refractivity contribution in [1.29, 1.82) is 0 Å². The Hall–Kier alpha value is -0.480. The zero-order chi connectivity index (χ0) is 7.94. The standard InChI is InChI=1S/C10H17N/c1-2-3-4-5-6-7-8-11-9-10-11/h1H,3-10H2. The van der Waals surface area contributed by atoms with Gasteiger partial charge in [0.2, 0.25) is 0 Å². The zero-order valence-corrected chi connectivity index (χ0v) is 7.18. The second-order valence-electron chi connectivity index (χ2n) is 3.21. The summed E-state index contributed by atoms with van der Waals surface area (Å²) in [4.78, 5) is 2.47. The zero-order valence-electron chi connectivity index (χ0n) is 7.18. The Morgan fingerprint density at radius 2 is 1.82 bits per heavy atom. The molecule has 1 heteroatoms. The highest BCUT2D eigenvalue weighted by atomic mass is 15.2. The van der Waals surface area contributed by atoms with Crippen LogP contribution in [0, 0.1) is 12.3 Å². The van der Waals surface area contributed by atoms with Gasteiger partial charge in [-0.15, -0.1) is 12.3 Å². The van der Waals surface area contributed by atoms with Crippen LogP contribution in [0.15, 0.2) is 0 Å². The summed E-state index contributed by atoms with van der Waals surface area (Å²) in [5.41, 5.74) is 0. The van der Waals surface area contributed by atoms with Crippen LogP contribution in [0.3, 0.4) is 0 Å². The Kier molecular flexibility index (Phi) is 4.08. The average molecular weight is 151 g/mol. The molecule has 1 saturated heterocycles. The van der Waals surface area contributed by atoms with Gasteiger partial charge < -0.3 is 4.90 Å². The van der Waals surface area contributed by atoms with E-state index in [1.54, 1.807) is 0 Å². The lowest BCUT2D eigenvalue weighted by molar-refractivity contribution is 0.507. The largest absolute Gasteiger partial charge is 0.301 e. The molecule has 0 amide bonds. The summed E-state index contributed by atoms with van der Waals surface area (Å²) in [6.45, 7) is 3.99. The van der Waals surface area contributed by atoms with Crippen LogP contribution in [0.4, 0.5) is 0 Å². The second-order valence-corrected chi connectivity index (χ2v) is 3.21. The first-order valence-electron chi connectivity index (χ1n) is 4.59. The number of rotatable bonds is 6. The van der Waals surface area contributed by atoms with E-state index in [-0.39, 0.29) is 0 Å². The van der Waals surface area contributed by atoms with E-state index in [1.807, 2.05) is 0 Å². The molecule has 1 heterocycles. The van der Waals surface area contributed by atoms with E-state index >= 15 is 0 Å². The first-order valence-corrected chi connectivity index (χ1v) is 4.59. The maximum Gasteiger partial charge on any atom is 0.0110 e. The van der Waals surface area contributed by atoms with Crippen molar-refractivity contribution in [2.75, 3.05) is 19.6 Å². The molecule has 0 unspecified atom stereocenters. The van der Waals surface area contributed by atoms with E-state index < -0.39 is 0 Å². The Balaban J connectivity index is 1.70. The SMILES string of the molecule is C#CCCCCCCN1CC1. The third-order valence-corrected chi connectivity index (χ3v) is 2.09. The molecule has 1 nitrogen and oxygen atoms in total. The van der Waals surface area contributed by atoms with Gasteiger partial charge in [0.1, 0.15) is 0 Å². The van der Waals surface area contributed by atoms with E-state index in [1.165, 1.54) is 45.3 Å². The molecular formula is C10H17N. The van der Waals surface area contributed by atoms with Crippen LogP contribution in [0.25, 0.3) is 0 Å². The van der Waals surface area contributed by atoms with E-state index in [9.17, 15) is 0 Å². The fourth-order valence-corrected chi connectivity index (χ4v) is 1.21. The number of terminal acetylenes is 1. The van der Waals surface area contributed by atoms with Gasteiger partial charge in [-0.1, -0.05) is 12.8 Å². The molecule has 62 valence electrons. The minimum atomic E-state index is 0.962. The summed E-state index contributed by atoms with van der Waals surface area (Å²) in [5.74, 6) is 2.67. The highest BCUT2D eigenvalue weighted by Gasteiger charge is 2.14. The summed E-state index contributed by atoms with van der Waals surface area (Å²) in [7, 11) is 0. The molecule has 11 heavy (non-hydrogen) atoms. The predicted octanol–water partition coefficient (Wildman–Crippen LogP) is 1.89. The number of unbranched alkanes of at least 4 members (excludes halogenated alkanes) is 4. The van der Waals surface area contributed by atoms with E-state index in [0.29, 0.717) is 0 Å². The van der Waals surface area contributed by atoms with Crippen LogP contribution in [-0.4, -0.2) is 24.5 Å². The topological polar surface area (TPSA) is 3.01 Å². The van der Waals surface area contributed by atoms with Gasteiger partial charge >= 0.3 is 0 Å². The van der Waals surface area contributed by atoms with Crippen molar-refractivity contribution in [3.05, 3.63) is 0 Å². The third kappa shape index (κ3) is 4.86. The van der Waals surface area contributed by atoms with E-state index in [2.05, 4.69) is 10.8 Å². The van der Waals surface area contributed by atoms with Crippen LogP contribution in [0.5, 0.6) is 0 Å². The molecule has 0 aromatic rings. The van der Waals surface area contributed by atoms with Gasteiger partial charge in [-0.05, 0) is 19.4 Å². The molecule has 0 N–H and O–H groups in total. The number of hydrogen-bond acceptors (Lipinski definition) is 1. The minimum Gasteiger partial charge on any atom is -0.301 e. The first kappa shape index (κ1) is 8.62. The van der Waals surface area contributed by atoms with Gasteiger partial charge in [0.05, 0.1) is 0 Å². The maximum atomic E-state index is 5.14. The second kappa shape index (κ2) is 5.21. The minimum absolute atomic E-state index is 0.962. The lowest BCUT2D eigenvalue weighted by Crippen LogP contribution is -1.98. The Labute approximate surface area is 69.8 Å². The van der Waals surface area contributed by atoms with Gasteiger partial charge in [-0.3, -0.25) is 0 Å². The molecule has 0 radical (unpaired) electrons. The highest BCUT2D eigenvalue weighted by molar-refractivity contribution is 4.82. The molecule has 0 aromatic heterocycles. The molecule has 1 aliphatic rings. The summed E-state index contributed by atoms with van der Waals surface area (Å²) in [6, 6.07) is 0. The van der Waals surface area contributed by atoms with Gasteiger partial charge in [0.15, 0.2) is 0 Å². The molecule has 1 fully saturated rings. The summed E-state index contributed by atoms with van der Waals surface area (Å²) < 4.78 is 0. The fraction of sp³-hybridized carbons (Fsp3) is 0.800. The maximum absolute atomic E-state index is 5.14. The Bertz CT molecular complexity index is 130. The lowest BCUT2D eigenvalue weighted by Gasteiger charge is -1.99.